The topological polar surface area (TPSA) is 38.0 Å². The van der Waals surface area contributed by atoms with Crippen molar-refractivity contribution in [2.75, 3.05) is 0 Å². The van der Waals surface area contributed by atoms with Gasteiger partial charge < -0.3 is 0 Å². The Balaban J connectivity index is 2.59. The van der Waals surface area contributed by atoms with Gasteiger partial charge >= 0.3 is 0 Å². The molecule has 0 unspecified atom stereocenters. The first kappa shape index (κ1) is 10.0. The molecule has 72 valence electrons. The maximum Gasteiger partial charge on any atom is 0.0243 e. The van der Waals surface area contributed by atoms with E-state index in [0.717, 1.165) is 5.92 Å². The molecule has 2 heteroatoms. The molecular weight excluding hydrogens is 148 g/mol. The molecule has 1 aliphatic carbocycles. The van der Waals surface area contributed by atoms with Gasteiger partial charge in [0.25, 0.3) is 0 Å². The molecular formula is C10H22N2. The molecule has 0 heterocycles. The maximum atomic E-state index is 5.54. The van der Waals surface area contributed by atoms with Crippen molar-refractivity contribution in [2.45, 2.75) is 52.5 Å². The van der Waals surface area contributed by atoms with Gasteiger partial charge in [0.15, 0.2) is 0 Å². The van der Waals surface area contributed by atoms with E-state index < -0.39 is 0 Å². The molecule has 0 bridgehead atoms. The fraction of sp³-hybridized carbons (Fsp3) is 1.00. The van der Waals surface area contributed by atoms with Gasteiger partial charge in [-0.25, -0.2) is 0 Å². The van der Waals surface area contributed by atoms with Gasteiger partial charge in [0, 0.05) is 6.04 Å². The molecule has 0 aliphatic heterocycles. The van der Waals surface area contributed by atoms with Crippen LogP contribution in [0.1, 0.15) is 46.5 Å². The lowest BCUT2D eigenvalue weighted by Gasteiger charge is -2.40. The van der Waals surface area contributed by atoms with Crippen LogP contribution >= 0.6 is 0 Å². The standard InChI is InChI=1S/C10H22N2/c1-10(2,3)8-6-4-5-7-9(8)12-11/h8-9,12H,4-7,11H2,1-3H3/t8-,9+/m1/s1. The van der Waals surface area contributed by atoms with Crippen LogP contribution in [0.25, 0.3) is 0 Å². The highest BCUT2D eigenvalue weighted by Crippen LogP contribution is 2.37. The molecule has 0 radical (unpaired) electrons. The summed E-state index contributed by atoms with van der Waals surface area (Å²) in [6, 6.07) is 0.541. The largest absolute Gasteiger partial charge is 0.271 e. The van der Waals surface area contributed by atoms with Crippen LogP contribution in [0.2, 0.25) is 0 Å². The molecule has 0 amide bonds. The summed E-state index contributed by atoms with van der Waals surface area (Å²) in [4.78, 5) is 0. The smallest absolute Gasteiger partial charge is 0.0243 e. The summed E-state index contributed by atoms with van der Waals surface area (Å²) in [5.41, 5.74) is 3.36. The quantitative estimate of drug-likeness (QED) is 0.467. The Hall–Kier alpha value is -0.0800. The summed E-state index contributed by atoms with van der Waals surface area (Å²) >= 11 is 0. The Morgan fingerprint density at radius 2 is 1.75 bits per heavy atom. The van der Waals surface area contributed by atoms with E-state index in [9.17, 15) is 0 Å². The van der Waals surface area contributed by atoms with Crippen molar-refractivity contribution < 1.29 is 0 Å². The number of rotatable bonds is 1. The van der Waals surface area contributed by atoms with Crippen molar-refractivity contribution in [3.63, 3.8) is 0 Å². The molecule has 0 spiro atoms. The summed E-state index contributed by atoms with van der Waals surface area (Å²) in [6.45, 7) is 6.94. The van der Waals surface area contributed by atoms with Crippen molar-refractivity contribution in [1.29, 1.82) is 0 Å². The number of hydrogen-bond acceptors (Lipinski definition) is 2. The van der Waals surface area contributed by atoms with Crippen molar-refractivity contribution >= 4 is 0 Å². The Bertz CT molecular complexity index is 137. The number of hydrogen-bond donors (Lipinski definition) is 2. The Morgan fingerprint density at radius 1 is 1.17 bits per heavy atom. The molecule has 12 heavy (non-hydrogen) atoms. The second-order valence-corrected chi connectivity index (χ2v) is 5.03. The first-order valence-corrected chi connectivity index (χ1v) is 5.02. The summed E-state index contributed by atoms with van der Waals surface area (Å²) in [6.07, 6.45) is 5.29. The first-order valence-electron chi connectivity index (χ1n) is 5.02. The molecule has 0 aromatic rings. The lowest BCUT2D eigenvalue weighted by molar-refractivity contribution is 0.131. The number of hydrazine groups is 1. The van der Waals surface area contributed by atoms with Gasteiger partial charge in [-0.2, -0.15) is 0 Å². The molecule has 0 saturated heterocycles. The molecule has 2 atom stereocenters. The average molecular weight is 170 g/mol. The van der Waals surface area contributed by atoms with E-state index in [1.807, 2.05) is 0 Å². The van der Waals surface area contributed by atoms with Gasteiger partial charge in [-0.15, -0.1) is 0 Å². The van der Waals surface area contributed by atoms with E-state index in [1.54, 1.807) is 0 Å². The zero-order valence-electron chi connectivity index (χ0n) is 8.56. The highest BCUT2D eigenvalue weighted by molar-refractivity contribution is 4.86. The molecule has 2 nitrogen and oxygen atoms in total. The minimum atomic E-state index is 0.400. The third-order valence-corrected chi connectivity index (χ3v) is 3.09. The molecule has 0 aromatic carbocycles. The number of nitrogens with two attached hydrogens (primary N) is 1. The second-order valence-electron chi connectivity index (χ2n) is 5.03. The highest BCUT2D eigenvalue weighted by atomic mass is 15.2. The van der Waals surface area contributed by atoms with E-state index in [1.165, 1.54) is 25.7 Å². The van der Waals surface area contributed by atoms with E-state index in [4.69, 9.17) is 5.84 Å². The van der Waals surface area contributed by atoms with Crippen LogP contribution in [0.3, 0.4) is 0 Å². The zero-order valence-corrected chi connectivity index (χ0v) is 8.56. The second kappa shape index (κ2) is 3.75. The highest BCUT2D eigenvalue weighted by Gasteiger charge is 2.33. The van der Waals surface area contributed by atoms with Crippen LogP contribution in [-0.2, 0) is 0 Å². The van der Waals surface area contributed by atoms with Crippen LogP contribution in [0.4, 0.5) is 0 Å². The van der Waals surface area contributed by atoms with Crippen LogP contribution in [0.15, 0.2) is 0 Å². The predicted molar refractivity (Wildman–Crippen MR) is 52.5 cm³/mol. The van der Waals surface area contributed by atoms with Crippen LogP contribution in [0.5, 0.6) is 0 Å². The summed E-state index contributed by atoms with van der Waals surface area (Å²) in [5.74, 6) is 6.29. The molecule has 1 rings (SSSR count). The predicted octanol–water partition coefficient (Wildman–Crippen LogP) is 2.05. The minimum Gasteiger partial charge on any atom is -0.271 e. The monoisotopic (exact) mass is 170 g/mol. The van der Waals surface area contributed by atoms with Gasteiger partial charge in [0.05, 0.1) is 0 Å². The van der Waals surface area contributed by atoms with Crippen molar-refractivity contribution in [3.8, 4) is 0 Å². The molecule has 3 N–H and O–H groups in total. The SMILES string of the molecule is CC(C)(C)[C@@H]1CCCC[C@@H]1NN. The fourth-order valence-corrected chi connectivity index (χ4v) is 2.37. The van der Waals surface area contributed by atoms with Crippen LogP contribution < -0.4 is 11.3 Å². The van der Waals surface area contributed by atoms with E-state index in [2.05, 4.69) is 26.2 Å². The first-order chi connectivity index (χ1) is 5.55. The van der Waals surface area contributed by atoms with Crippen molar-refractivity contribution in [1.82, 2.24) is 5.43 Å². The Morgan fingerprint density at radius 3 is 2.17 bits per heavy atom. The minimum absolute atomic E-state index is 0.400. The lowest BCUT2D eigenvalue weighted by Crippen LogP contribution is -2.47. The molecule has 1 saturated carbocycles. The molecule has 0 aromatic heterocycles. The van der Waals surface area contributed by atoms with Gasteiger partial charge in [-0.3, -0.25) is 11.3 Å². The van der Waals surface area contributed by atoms with Crippen LogP contribution in [0, 0.1) is 11.3 Å². The summed E-state index contributed by atoms with van der Waals surface area (Å²) in [5, 5.41) is 0. The maximum absolute atomic E-state index is 5.54. The van der Waals surface area contributed by atoms with Gasteiger partial charge in [-0.1, -0.05) is 33.6 Å². The van der Waals surface area contributed by atoms with Crippen molar-refractivity contribution in [3.05, 3.63) is 0 Å². The molecule has 1 aliphatic rings. The Kier molecular flexibility index (Phi) is 3.13. The number of nitrogens with one attached hydrogen (secondary N) is 1. The van der Waals surface area contributed by atoms with Gasteiger partial charge in [0.1, 0.15) is 0 Å². The third-order valence-electron chi connectivity index (χ3n) is 3.09. The zero-order chi connectivity index (χ0) is 9.19. The van der Waals surface area contributed by atoms with Crippen LogP contribution in [-0.4, -0.2) is 6.04 Å². The lowest BCUT2D eigenvalue weighted by atomic mass is 9.70. The van der Waals surface area contributed by atoms with E-state index in [0.29, 0.717) is 11.5 Å². The van der Waals surface area contributed by atoms with Gasteiger partial charge in [-0.05, 0) is 24.2 Å². The van der Waals surface area contributed by atoms with Crippen molar-refractivity contribution in [2.24, 2.45) is 17.2 Å². The normalized spacial score (nSPS) is 32.0. The van der Waals surface area contributed by atoms with E-state index in [-0.39, 0.29) is 0 Å². The fourth-order valence-electron chi connectivity index (χ4n) is 2.37. The molecule has 1 fully saturated rings. The average Bonchev–Trinajstić information content (AvgIpc) is 2.03. The third kappa shape index (κ3) is 2.20. The summed E-state index contributed by atoms with van der Waals surface area (Å²) in [7, 11) is 0. The summed E-state index contributed by atoms with van der Waals surface area (Å²) < 4.78 is 0. The Labute approximate surface area is 75.9 Å². The van der Waals surface area contributed by atoms with E-state index >= 15 is 0 Å². The van der Waals surface area contributed by atoms with Gasteiger partial charge in [0.2, 0.25) is 0 Å².